The highest BCUT2D eigenvalue weighted by atomic mass is 35.5. The summed E-state index contributed by atoms with van der Waals surface area (Å²) < 4.78 is 1.33. The van der Waals surface area contributed by atoms with Crippen molar-refractivity contribution in [1.29, 1.82) is 0 Å². The molecule has 0 amide bonds. The van der Waals surface area contributed by atoms with Crippen molar-refractivity contribution < 1.29 is 9.90 Å². The number of nitrogens with zero attached hydrogens (tertiary/aromatic N) is 3. The van der Waals surface area contributed by atoms with Crippen LogP contribution in [0.2, 0.25) is 5.15 Å². The fourth-order valence-electron chi connectivity index (χ4n) is 1.61. The molecule has 6 heteroatoms. The van der Waals surface area contributed by atoms with Crippen molar-refractivity contribution in [2.24, 2.45) is 5.92 Å². The lowest BCUT2D eigenvalue weighted by Crippen LogP contribution is -2.01. The molecule has 0 fully saturated rings. The van der Waals surface area contributed by atoms with Gasteiger partial charge in [-0.1, -0.05) is 25.4 Å². The normalized spacial score (nSPS) is 11.3. The molecule has 5 nitrogen and oxygen atoms in total. The van der Waals surface area contributed by atoms with Gasteiger partial charge in [-0.25, -0.2) is 14.3 Å². The van der Waals surface area contributed by atoms with Gasteiger partial charge in [-0.3, -0.25) is 0 Å². The Balaban J connectivity index is 2.53. The number of aromatic carboxylic acids is 1. The topological polar surface area (TPSA) is 67.5 Å². The number of halogens is 1. The second kappa shape index (κ2) is 4.33. The zero-order valence-corrected chi connectivity index (χ0v) is 10.3. The van der Waals surface area contributed by atoms with Crippen LogP contribution in [0.4, 0.5) is 0 Å². The van der Waals surface area contributed by atoms with Crippen LogP contribution in [0.1, 0.15) is 30.0 Å². The Labute approximate surface area is 103 Å². The maximum absolute atomic E-state index is 10.8. The van der Waals surface area contributed by atoms with Gasteiger partial charge in [0.05, 0.1) is 0 Å². The molecule has 0 aliphatic rings. The molecule has 0 bridgehead atoms. The van der Waals surface area contributed by atoms with E-state index in [-0.39, 0.29) is 5.69 Å². The number of fused-ring (bicyclic) bond motifs is 1. The van der Waals surface area contributed by atoms with Crippen molar-refractivity contribution in [3.63, 3.8) is 0 Å². The van der Waals surface area contributed by atoms with E-state index >= 15 is 0 Å². The van der Waals surface area contributed by atoms with Crippen molar-refractivity contribution in [2.75, 3.05) is 0 Å². The van der Waals surface area contributed by atoms with E-state index in [1.54, 1.807) is 6.07 Å². The van der Waals surface area contributed by atoms with Crippen LogP contribution < -0.4 is 0 Å². The first-order chi connectivity index (χ1) is 7.97. The monoisotopic (exact) mass is 253 g/mol. The van der Waals surface area contributed by atoms with Gasteiger partial charge in [0, 0.05) is 11.8 Å². The van der Waals surface area contributed by atoms with E-state index in [9.17, 15) is 4.79 Å². The molecule has 90 valence electrons. The lowest BCUT2D eigenvalue weighted by molar-refractivity contribution is 0.0690. The molecule has 0 aliphatic carbocycles. The van der Waals surface area contributed by atoms with Crippen molar-refractivity contribution in [2.45, 2.75) is 20.3 Å². The molecular formula is C11H12ClN3O2. The fraction of sp³-hybridized carbons (Fsp3) is 0.364. The predicted octanol–water partition coefficient (Wildman–Crippen LogP) is 2.28. The predicted molar refractivity (Wildman–Crippen MR) is 63.5 cm³/mol. The molecule has 0 unspecified atom stereocenters. The number of aromatic nitrogens is 3. The maximum atomic E-state index is 10.8. The van der Waals surface area contributed by atoms with Crippen molar-refractivity contribution in [1.82, 2.24) is 14.6 Å². The minimum Gasteiger partial charge on any atom is -0.476 e. The number of carboxylic acid groups (broad SMARTS) is 1. The Hall–Kier alpha value is -1.62. The van der Waals surface area contributed by atoms with Gasteiger partial charge in [0.25, 0.3) is 0 Å². The third kappa shape index (κ3) is 2.39. The summed E-state index contributed by atoms with van der Waals surface area (Å²) in [5, 5.41) is 13.1. The Morgan fingerprint density at radius 1 is 1.53 bits per heavy atom. The Morgan fingerprint density at radius 2 is 2.24 bits per heavy atom. The van der Waals surface area contributed by atoms with Crippen molar-refractivity contribution in [3.8, 4) is 0 Å². The van der Waals surface area contributed by atoms with Crippen molar-refractivity contribution in [3.05, 3.63) is 28.7 Å². The molecule has 0 saturated carbocycles. The SMILES string of the molecule is CC(C)Cc1cc(Cl)n2nc(C(=O)O)cc2n1. The smallest absolute Gasteiger partial charge is 0.356 e. The van der Waals surface area contributed by atoms with Gasteiger partial charge in [0.2, 0.25) is 0 Å². The highest BCUT2D eigenvalue weighted by Gasteiger charge is 2.13. The molecule has 2 heterocycles. The number of rotatable bonds is 3. The van der Waals surface area contributed by atoms with E-state index in [4.69, 9.17) is 16.7 Å². The third-order valence-electron chi connectivity index (χ3n) is 2.27. The van der Waals surface area contributed by atoms with Gasteiger partial charge in [0.15, 0.2) is 11.3 Å². The zero-order valence-electron chi connectivity index (χ0n) is 9.51. The summed E-state index contributed by atoms with van der Waals surface area (Å²) in [6.07, 6.45) is 0.795. The van der Waals surface area contributed by atoms with Crippen LogP contribution in [0, 0.1) is 5.92 Å². The van der Waals surface area contributed by atoms with E-state index in [1.807, 2.05) is 0 Å². The molecule has 0 aliphatic heterocycles. The minimum atomic E-state index is -1.09. The van der Waals surface area contributed by atoms with Crippen LogP contribution in [-0.2, 0) is 6.42 Å². The largest absolute Gasteiger partial charge is 0.476 e. The Morgan fingerprint density at radius 3 is 2.82 bits per heavy atom. The molecule has 2 aromatic heterocycles. The van der Waals surface area contributed by atoms with Gasteiger partial charge in [-0.15, -0.1) is 0 Å². The van der Waals surface area contributed by atoms with Gasteiger partial charge < -0.3 is 5.11 Å². The second-order valence-electron chi connectivity index (χ2n) is 4.27. The minimum absolute atomic E-state index is 0.0545. The molecule has 0 atom stereocenters. The molecule has 2 rings (SSSR count). The first-order valence-corrected chi connectivity index (χ1v) is 5.63. The van der Waals surface area contributed by atoms with Gasteiger partial charge in [-0.05, 0) is 18.4 Å². The molecule has 1 N–H and O–H groups in total. The summed E-state index contributed by atoms with van der Waals surface area (Å²) in [6.45, 7) is 4.16. The summed E-state index contributed by atoms with van der Waals surface area (Å²) >= 11 is 6.03. The lowest BCUT2D eigenvalue weighted by atomic mass is 10.1. The van der Waals surface area contributed by atoms with E-state index in [2.05, 4.69) is 23.9 Å². The van der Waals surface area contributed by atoms with E-state index < -0.39 is 5.97 Å². The van der Waals surface area contributed by atoms with Crippen LogP contribution in [0.5, 0.6) is 0 Å². The number of hydrogen-bond donors (Lipinski definition) is 1. The van der Waals surface area contributed by atoms with E-state index in [0.29, 0.717) is 16.7 Å². The van der Waals surface area contributed by atoms with Crippen LogP contribution >= 0.6 is 11.6 Å². The van der Waals surface area contributed by atoms with Gasteiger partial charge in [0.1, 0.15) is 5.15 Å². The maximum Gasteiger partial charge on any atom is 0.356 e. The van der Waals surface area contributed by atoms with Crippen molar-refractivity contribution >= 4 is 23.2 Å². The van der Waals surface area contributed by atoms with Crippen LogP contribution in [0.25, 0.3) is 5.65 Å². The summed E-state index contributed by atoms with van der Waals surface area (Å²) in [6, 6.07) is 3.13. The summed E-state index contributed by atoms with van der Waals surface area (Å²) in [4.78, 5) is 15.1. The molecule has 0 saturated heterocycles. The number of carboxylic acids is 1. The van der Waals surface area contributed by atoms with Crippen LogP contribution in [-0.4, -0.2) is 25.7 Å². The Kier molecular flexibility index (Phi) is 3.02. The highest BCUT2D eigenvalue weighted by Crippen LogP contribution is 2.16. The zero-order chi connectivity index (χ0) is 12.6. The highest BCUT2D eigenvalue weighted by molar-refractivity contribution is 6.29. The second-order valence-corrected chi connectivity index (χ2v) is 4.66. The molecule has 17 heavy (non-hydrogen) atoms. The molecule has 0 radical (unpaired) electrons. The number of carbonyl (C=O) groups is 1. The molecular weight excluding hydrogens is 242 g/mol. The molecule has 0 spiro atoms. The fourth-order valence-corrected chi connectivity index (χ4v) is 1.86. The van der Waals surface area contributed by atoms with Gasteiger partial charge in [-0.2, -0.15) is 5.10 Å². The lowest BCUT2D eigenvalue weighted by Gasteiger charge is -2.05. The van der Waals surface area contributed by atoms with Crippen LogP contribution in [0.15, 0.2) is 12.1 Å². The molecule has 2 aromatic rings. The van der Waals surface area contributed by atoms with E-state index in [0.717, 1.165) is 12.1 Å². The average Bonchev–Trinajstić information content (AvgIpc) is 2.60. The third-order valence-corrected chi connectivity index (χ3v) is 2.54. The first-order valence-electron chi connectivity index (χ1n) is 5.26. The number of hydrogen-bond acceptors (Lipinski definition) is 3. The molecule has 0 aromatic carbocycles. The standard InChI is InChI=1S/C11H12ClN3O2/c1-6(2)3-7-4-9(12)15-10(13-7)5-8(14-15)11(16)17/h4-6H,3H2,1-2H3,(H,16,17). The van der Waals surface area contributed by atoms with E-state index in [1.165, 1.54) is 10.6 Å². The van der Waals surface area contributed by atoms with Crippen LogP contribution in [0.3, 0.4) is 0 Å². The Bertz CT molecular complexity index is 577. The first kappa shape index (κ1) is 11.9. The quantitative estimate of drug-likeness (QED) is 0.852. The van der Waals surface area contributed by atoms with Gasteiger partial charge >= 0.3 is 5.97 Å². The summed E-state index contributed by atoms with van der Waals surface area (Å²) in [7, 11) is 0. The summed E-state index contributed by atoms with van der Waals surface area (Å²) in [5.74, 6) is -0.625. The summed E-state index contributed by atoms with van der Waals surface area (Å²) in [5.41, 5.74) is 1.25. The average molecular weight is 254 g/mol.